The molecule has 0 aromatic heterocycles. The van der Waals surface area contributed by atoms with Crippen LogP contribution >= 0.6 is 0 Å². The molecule has 134 valence electrons. The van der Waals surface area contributed by atoms with Crippen LogP contribution in [0.2, 0.25) is 0 Å². The van der Waals surface area contributed by atoms with Gasteiger partial charge in [0.05, 0.1) is 19.1 Å². The zero-order valence-electron chi connectivity index (χ0n) is 15.5. The fraction of sp³-hybridized carbons (Fsp3) is 0.800. The van der Waals surface area contributed by atoms with Gasteiger partial charge in [-0.15, -0.1) is 0 Å². The van der Waals surface area contributed by atoms with Crippen molar-refractivity contribution in [3.63, 3.8) is 0 Å². The predicted octanol–water partition coefficient (Wildman–Crippen LogP) is 3.40. The van der Waals surface area contributed by atoms with Crippen molar-refractivity contribution in [2.24, 2.45) is 34.5 Å². The second kappa shape index (κ2) is 5.98. The smallest absolute Gasteiger partial charge is 0.309 e. The number of methoxy groups -OCH3 is 2. The second-order valence-corrected chi connectivity index (χ2v) is 8.64. The first-order valence-corrected chi connectivity index (χ1v) is 9.09. The normalized spacial score (nSPS) is 47.7. The van der Waals surface area contributed by atoms with E-state index in [1.54, 1.807) is 7.11 Å². The maximum atomic E-state index is 13.1. The largest absolute Gasteiger partial charge is 0.469 e. The van der Waals surface area contributed by atoms with Crippen LogP contribution in [0.3, 0.4) is 0 Å². The van der Waals surface area contributed by atoms with E-state index in [-0.39, 0.29) is 46.4 Å². The molecular weight excluding hydrogens is 304 g/mol. The van der Waals surface area contributed by atoms with Crippen molar-refractivity contribution in [1.29, 1.82) is 0 Å². The van der Waals surface area contributed by atoms with E-state index in [0.29, 0.717) is 18.8 Å². The molecule has 0 aliphatic heterocycles. The van der Waals surface area contributed by atoms with Crippen molar-refractivity contribution >= 4 is 11.8 Å². The Kier molecular flexibility index (Phi) is 4.40. The van der Waals surface area contributed by atoms with Gasteiger partial charge in [-0.3, -0.25) is 9.59 Å². The molecule has 4 heteroatoms. The number of rotatable bonds is 2. The zero-order valence-corrected chi connectivity index (χ0v) is 15.5. The fourth-order valence-electron chi connectivity index (χ4n) is 6.04. The molecule has 0 spiro atoms. The summed E-state index contributed by atoms with van der Waals surface area (Å²) in [5.41, 5.74) is -0.354. The number of hydrogen-bond donors (Lipinski definition) is 0. The Bertz CT molecular complexity index is 568. The van der Waals surface area contributed by atoms with Crippen LogP contribution in [0.15, 0.2) is 12.2 Å². The van der Waals surface area contributed by atoms with Crippen LogP contribution in [0.25, 0.3) is 0 Å². The topological polar surface area (TPSA) is 52.6 Å². The first-order chi connectivity index (χ1) is 11.3. The number of Topliss-reactive ketones (excluding diaryl/α,β-unsaturated/α-hetero) is 1. The summed E-state index contributed by atoms with van der Waals surface area (Å²) in [5.74, 6) is 0.392. The minimum absolute atomic E-state index is 0.0361. The van der Waals surface area contributed by atoms with Gasteiger partial charge >= 0.3 is 5.97 Å². The van der Waals surface area contributed by atoms with Crippen LogP contribution in [-0.2, 0) is 19.1 Å². The highest BCUT2D eigenvalue weighted by Gasteiger charge is 2.60. The van der Waals surface area contributed by atoms with Gasteiger partial charge in [-0.1, -0.05) is 32.9 Å². The summed E-state index contributed by atoms with van der Waals surface area (Å²) < 4.78 is 10.7. The van der Waals surface area contributed by atoms with Gasteiger partial charge in [-0.2, -0.15) is 0 Å². The molecule has 24 heavy (non-hydrogen) atoms. The van der Waals surface area contributed by atoms with Crippen molar-refractivity contribution in [3.8, 4) is 0 Å². The van der Waals surface area contributed by atoms with E-state index in [0.717, 1.165) is 12.8 Å². The molecule has 0 bridgehead atoms. The van der Waals surface area contributed by atoms with Crippen LogP contribution in [0.1, 0.15) is 46.5 Å². The molecule has 2 saturated carbocycles. The molecule has 0 radical (unpaired) electrons. The minimum Gasteiger partial charge on any atom is -0.469 e. The molecule has 3 aliphatic rings. The molecule has 3 aliphatic carbocycles. The molecule has 0 N–H and O–H groups in total. The Labute approximate surface area is 145 Å². The summed E-state index contributed by atoms with van der Waals surface area (Å²) in [6.45, 7) is 6.65. The zero-order chi connectivity index (χ0) is 17.7. The summed E-state index contributed by atoms with van der Waals surface area (Å²) in [7, 11) is 3.19. The van der Waals surface area contributed by atoms with Crippen LogP contribution in [0, 0.1) is 34.5 Å². The third kappa shape index (κ3) is 2.45. The van der Waals surface area contributed by atoms with Crippen molar-refractivity contribution in [2.45, 2.75) is 52.6 Å². The lowest BCUT2D eigenvalue weighted by Gasteiger charge is -2.59. The average molecular weight is 334 g/mol. The van der Waals surface area contributed by atoms with Gasteiger partial charge in [-0.25, -0.2) is 0 Å². The number of carbonyl (C=O) groups is 2. The van der Waals surface area contributed by atoms with Crippen molar-refractivity contribution in [3.05, 3.63) is 12.2 Å². The van der Waals surface area contributed by atoms with Crippen molar-refractivity contribution in [1.82, 2.24) is 0 Å². The molecule has 0 aromatic rings. The first kappa shape index (κ1) is 17.7. The van der Waals surface area contributed by atoms with Crippen molar-refractivity contribution < 1.29 is 19.1 Å². The minimum atomic E-state index is -0.311. The maximum Gasteiger partial charge on any atom is 0.309 e. The summed E-state index contributed by atoms with van der Waals surface area (Å²) in [5, 5.41) is 0. The third-order valence-corrected chi connectivity index (χ3v) is 7.08. The lowest BCUT2D eigenvalue weighted by molar-refractivity contribution is -0.163. The average Bonchev–Trinajstić information content (AvgIpc) is 2.53. The number of ether oxygens (including phenoxy) is 2. The third-order valence-electron chi connectivity index (χ3n) is 7.08. The quantitative estimate of drug-likeness (QED) is 0.574. The van der Waals surface area contributed by atoms with Gasteiger partial charge in [0.2, 0.25) is 0 Å². The van der Waals surface area contributed by atoms with Gasteiger partial charge in [0, 0.05) is 25.4 Å². The van der Waals surface area contributed by atoms with E-state index >= 15 is 0 Å². The molecule has 0 amide bonds. The molecule has 0 aromatic carbocycles. The number of hydrogen-bond acceptors (Lipinski definition) is 4. The van der Waals surface area contributed by atoms with Crippen LogP contribution in [0.5, 0.6) is 0 Å². The highest BCUT2D eigenvalue weighted by atomic mass is 16.5. The monoisotopic (exact) mass is 334 g/mol. The Morgan fingerprint density at radius 3 is 2.62 bits per heavy atom. The standard InChI is InChI=1S/C20H30O4/c1-12-6-9-20(3)14(16(12)23-4)7-8-19(2)11-13(18(22)24-5)10-15(21)17(19)20/h7-8,12-14,16-17H,6,9-11H2,1-5H3/t12-,13?,14-,16+,17-,19+,20+/m1/s1. The predicted molar refractivity (Wildman–Crippen MR) is 91.3 cm³/mol. The molecule has 7 atom stereocenters. The van der Waals surface area contributed by atoms with Crippen LogP contribution in [0.4, 0.5) is 0 Å². The van der Waals surface area contributed by atoms with E-state index in [9.17, 15) is 9.59 Å². The molecule has 0 saturated heterocycles. The van der Waals surface area contributed by atoms with E-state index in [2.05, 4.69) is 32.9 Å². The highest BCUT2D eigenvalue weighted by Crippen LogP contribution is 2.61. The number of fused-ring (bicyclic) bond motifs is 3. The lowest BCUT2D eigenvalue weighted by Crippen LogP contribution is -2.58. The van der Waals surface area contributed by atoms with Gasteiger partial charge in [-0.05, 0) is 36.0 Å². The summed E-state index contributed by atoms with van der Waals surface area (Å²) in [6, 6.07) is 0. The van der Waals surface area contributed by atoms with Gasteiger partial charge in [0.25, 0.3) is 0 Å². The van der Waals surface area contributed by atoms with E-state index in [1.807, 2.05) is 0 Å². The van der Waals surface area contributed by atoms with Crippen LogP contribution in [-0.4, -0.2) is 32.1 Å². The van der Waals surface area contributed by atoms with Gasteiger partial charge < -0.3 is 9.47 Å². The van der Waals surface area contributed by atoms with E-state index in [1.165, 1.54) is 7.11 Å². The SMILES string of the molecule is COC(=O)C1CC(=O)[C@H]2[C@@]3(C)CC[C@@H](C)[C@H](OC)[C@H]3C=C[C@@]2(C)C1. The number of allylic oxidation sites excluding steroid dienone is 1. The lowest BCUT2D eigenvalue weighted by atomic mass is 9.45. The number of esters is 1. The Morgan fingerprint density at radius 1 is 1.29 bits per heavy atom. The van der Waals surface area contributed by atoms with Crippen LogP contribution < -0.4 is 0 Å². The highest BCUT2D eigenvalue weighted by molar-refractivity contribution is 5.89. The Morgan fingerprint density at radius 2 is 2.00 bits per heavy atom. The molecular formula is C20H30O4. The molecule has 3 rings (SSSR count). The fourth-order valence-corrected chi connectivity index (χ4v) is 6.04. The molecule has 2 fully saturated rings. The number of carbonyl (C=O) groups excluding carboxylic acids is 2. The summed E-state index contributed by atoms with van der Waals surface area (Å²) in [6.07, 6.45) is 7.76. The summed E-state index contributed by atoms with van der Waals surface area (Å²) in [4.78, 5) is 25.1. The van der Waals surface area contributed by atoms with E-state index in [4.69, 9.17) is 9.47 Å². The van der Waals surface area contributed by atoms with Crippen molar-refractivity contribution in [2.75, 3.05) is 14.2 Å². The van der Waals surface area contributed by atoms with E-state index < -0.39 is 0 Å². The molecule has 4 nitrogen and oxygen atoms in total. The Hall–Kier alpha value is -1.16. The first-order valence-electron chi connectivity index (χ1n) is 9.09. The second-order valence-electron chi connectivity index (χ2n) is 8.64. The Balaban J connectivity index is 2.00. The van der Waals surface area contributed by atoms with Gasteiger partial charge in [0.1, 0.15) is 5.78 Å². The summed E-state index contributed by atoms with van der Waals surface area (Å²) >= 11 is 0. The molecule has 1 unspecified atom stereocenters. The maximum absolute atomic E-state index is 13.1. The molecule has 0 heterocycles. The van der Waals surface area contributed by atoms with Gasteiger partial charge in [0.15, 0.2) is 0 Å². The number of ketones is 1.